The van der Waals surface area contributed by atoms with Gasteiger partial charge in [-0.25, -0.2) is 4.39 Å². The third-order valence-electron chi connectivity index (χ3n) is 4.64. The summed E-state index contributed by atoms with van der Waals surface area (Å²) >= 11 is 0. The Hall–Kier alpha value is -3.14. The smallest absolute Gasteiger partial charge is 0.309 e. The van der Waals surface area contributed by atoms with Crippen LogP contribution in [0.4, 0.5) is 4.39 Å². The third-order valence-corrected chi connectivity index (χ3v) is 4.64. The summed E-state index contributed by atoms with van der Waals surface area (Å²) in [6, 6.07) is 22.4. The molecule has 29 heavy (non-hydrogen) atoms. The van der Waals surface area contributed by atoms with Crippen LogP contribution in [0.1, 0.15) is 29.2 Å². The van der Waals surface area contributed by atoms with Gasteiger partial charge in [0.1, 0.15) is 13.2 Å². The molecule has 0 amide bonds. The van der Waals surface area contributed by atoms with Crippen LogP contribution >= 0.6 is 0 Å². The van der Waals surface area contributed by atoms with Crippen molar-refractivity contribution in [3.8, 4) is 5.75 Å². The summed E-state index contributed by atoms with van der Waals surface area (Å²) in [5.41, 5.74) is 3.34. The van der Waals surface area contributed by atoms with Crippen LogP contribution in [0, 0.1) is 18.7 Å². The Bertz CT molecular complexity index is 939. The lowest BCUT2D eigenvalue weighted by atomic mass is 9.98. The van der Waals surface area contributed by atoms with Gasteiger partial charge in [0.25, 0.3) is 0 Å². The molecule has 0 saturated heterocycles. The van der Waals surface area contributed by atoms with Crippen LogP contribution in [0.3, 0.4) is 0 Å². The van der Waals surface area contributed by atoms with Crippen LogP contribution in [0.15, 0.2) is 72.8 Å². The first-order valence-electron chi connectivity index (χ1n) is 9.69. The molecule has 3 rings (SSSR count). The first-order chi connectivity index (χ1) is 14.0. The number of rotatable bonds is 8. The molecule has 3 aromatic rings. The fourth-order valence-electron chi connectivity index (χ4n) is 3.13. The number of benzene rings is 3. The first kappa shape index (κ1) is 20.6. The summed E-state index contributed by atoms with van der Waals surface area (Å²) in [4.78, 5) is 12.4. The van der Waals surface area contributed by atoms with Crippen molar-refractivity contribution >= 4 is 5.97 Å². The monoisotopic (exact) mass is 392 g/mol. The van der Waals surface area contributed by atoms with Crippen LogP contribution in [-0.2, 0) is 29.2 Å². The molecule has 0 fully saturated rings. The second-order valence-corrected chi connectivity index (χ2v) is 7.21. The highest BCUT2D eigenvalue weighted by atomic mass is 19.1. The van der Waals surface area contributed by atoms with Crippen LogP contribution in [0.5, 0.6) is 5.75 Å². The number of carbonyl (C=O) groups is 1. The van der Waals surface area contributed by atoms with Gasteiger partial charge >= 0.3 is 5.97 Å². The Labute approximate surface area is 171 Å². The highest BCUT2D eigenvalue weighted by Gasteiger charge is 2.20. The molecule has 3 aromatic carbocycles. The van der Waals surface area contributed by atoms with Crippen molar-refractivity contribution < 1.29 is 18.7 Å². The third kappa shape index (κ3) is 5.92. The lowest BCUT2D eigenvalue weighted by molar-refractivity contribution is -0.149. The van der Waals surface area contributed by atoms with E-state index < -0.39 is 11.7 Å². The molecule has 0 aliphatic rings. The lowest BCUT2D eigenvalue weighted by Gasteiger charge is -2.17. The van der Waals surface area contributed by atoms with Crippen LogP contribution in [0.25, 0.3) is 0 Å². The lowest BCUT2D eigenvalue weighted by Crippen LogP contribution is -2.18. The number of carbonyl (C=O) groups excluding carboxylic acids is 1. The van der Waals surface area contributed by atoms with Gasteiger partial charge < -0.3 is 9.47 Å². The molecular formula is C25H25FO3. The second kappa shape index (κ2) is 9.87. The molecule has 4 heteroatoms. The van der Waals surface area contributed by atoms with Gasteiger partial charge in [-0.1, -0.05) is 73.7 Å². The highest BCUT2D eigenvalue weighted by Crippen LogP contribution is 2.28. The predicted molar refractivity (Wildman–Crippen MR) is 111 cm³/mol. The molecule has 0 spiro atoms. The van der Waals surface area contributed by atoms with Crippen LogP contribution in [-0.4, -0.2) is 5.97 Å². The number of aryl methyl sites for hydroxylation is 1. The number of ether oxygens (including phenoxy) is 2. The normalized spacial score (nSPS) is 11.7. The number of esters is 1. The van der Waals surface area contributed by atoms with E-state index in [1.807, 2.05) is 73.7 Å². The molecule has 0 bridgehead atoms. The fourth-order valence-corrected chi connectivity index (χ4v) is 3.13. The minimum absolute atomic E-state index is 0.196. The van der Waals surface area contributed by atoms with E-state index in [0.29, 0.717) is 12.0 Å². The average Bonchev–Trinajstić information content (AvgIpc) is 2.72. The van der Waals surface area contributed by atoms with E-state index in [9.17, 15) is 9.18 Å². The molecular weight excluding hydrogens is 367 g/mol. The molecule has 150 valence electrons. The van der Waals surface area contributed by atoms with Gasteiger partial charge in [-0.15, -0.1) is 0 Å². The van der Waals surface area contributed by atoms with E-state index in [4.69, 9.17) is 9.47 Å². The van der Waals surface area contributed by atoms with Crippen molar-refractivity contribution in [3.63, 3.8) is 0 Å². The number of hydrogen-bond donors (Lipinski definition) is 0. The average molecular weight is 392 g/mol. The summed E-state index contributed by atoms with van der Waals surface area (Å²) in [5, 5.41) is 0. The first-order valence-corrected chi connectivity index (χ1v) is 9.69. The Morgan fingerprint density at radius 1 is 0.931 bits per heavy atom. The van der Waals surface area contributed by atoms with Crippen molar-refractivity contribution in [3.05, 3.63) is 101 Å². The van der Waals surface area contributed by atoms with E-state index in [1.165, 1.54) is 6.07 Å². The Morgan fingerprint density at radius 2 is 1.52 bits per heavy atom. The molecule has 0 aliphatic carbocycles. The molecule has 0 saturated carbocycles. The maximum absolute atomic E-state index is 14.6. The van der Waals surface area contributed by atoms with Crippen molar-refractivity contribution in [2.75, 3.05) is 0 Å². The second-order valence-electron chi connectivity index (χ2n) is 7.21. The van der Waals surface area contributed by atoms with Gasteiger partial charge in [-0.3, -0.25) is 4.79 Å². The molecule has 1 unspecified atom stereocenters. The summed E-state index contributed by atoms with van der Waals surface area (Å²) in [5.74, 6) is -0.952. The van der Waals surface area contributed by atoms with Gasteiger partial charge in [-0.05, 0) is 41.7 Å². The van der Waals surface area contributed by atoms with E-state index in [0.717, 1.165) is 16.7 Å². The quantitative estimate of drug-likeness (QED) is 0.466. The van der Waals surface area contributed by atoms with Crippen LogP contribution < -0.4 is 4.74 Å². The zero-order valence-electron chi connectivity index (χ0n) is 16.7. The molecule has 0 heterocycles. The van der Waals surface area contributed by atoms with Crippen LogP contribution in [0.2, 0.25) is 0 Å². The van der Waals surface area contributed by atoms with E-state index in [2.05, 4.69) is 0 Å². The summed E-state index contributed by atoms with van der Waals surface area (Å²) in [6.45, 7) is 4.10. The zero-order valence-corrected chi connectivity index (χ0v) is 16.7. The minimum Gasteiger partial charge on any atom is -0.486 e. The van der Waals surface area contributed by atoms with Gasteiger partial charge in [0.15, 0.2) is 11.6 Å². The maximum Gasteiger partial charge on any atom is 0.309 e. The Balaban J connectivity index is 1.67. The highest BCUT2D eigenvalue weighted by molar-refractivity contribution is 5.72. The SMILES string of the molecule is Cc1cc(F)c(OCc2ccccc2)c(CC(C)C(=O)OCc2ccccc2)c1. The van der Waals surface area contributed by atoms with Crippen molar-refractivity contribution in [2.45, 2.75) is 33.5 Å². The van der Waals surface area contributed by atoms with E-state index >= 15 is 0 Å². The van der Waals surface area contributed by atoms with E-state index in [1.54, 1.807) is 6.92 Å². The summed E-state index contributed by atoms with van der Waals surface area (Å²) in [6.07, 6.45) is 0.344. The van der Waals surface area contributed by atoms with Gasteiger partial charge in [0.2, 0.25) is 0 Å². The Kier molecular flexibility index (Phi) is 7.01. The minimum atomic E-state index is -0.418. The fraction of sp³-hybridized carbons (Fsp3) is 0.240. The summed E-state index contributed by atoms with van der Waals surface area (Å²) in [7, 11) is 0. The van der Waals surface area contributed by atoms with E-state index in [-0.39, 0.29) is 24.9 Å². The van der Waals surface area contributed by atoms with Gasteiger partial charge in [0, 0.05) is 0 Å². The maximum atomic E-state index is 14.6. The molecule has 0 radical (unpaired) electrons. The number of halogens is 1. The molecule has 3 nitrogen and oxygen atoms in total. The molecule has 0 N–H and O–H groups in total. The standard InChI is InChI=1S/C25H25FO3/c1-18-13-22(15-19(2)25(27)29-17-21-11-7-4-8-12-21)24(23(26)14-18)28-16-20-9-5-3-6-10-20/h3-14,19H,15-17H2,1-2H3. The largest absolute Gasteiger partial charge is 0.486 e. The zero-order chi connectivity index (χ0) is 20.6. The molecule has 1 atom stereocenters. The van der Waals surface area contributed by atoms with Gasteiger partial charge in [0.05, 0.1) is 5.92 Å². The molecule has 0 aromatic heterocycles. The Morgan fingerprint density at radius 3 is 2.14 bits per heavy atom. The summed E-state index contributed by atoms with van der Waals surface area (Å²) < 4.78 is 25.8. The van der Waals surface area contributed by atoms with Crippen molar-refractivity contribution in [1.82, 2.24) is 0 Å². The van der Waals surface area contributed by atoms with Gasteiger partial charge in [-0.2, -0.15) is 0 Å². The van der Waals surface area contributed by atoms with Crippen molar-refractivity contribution in [1.29, 1.82) is 0 Å². The van der Waals surface area contributed by atoms with Crippen molar-refractivity contribution in [2.24, 2.45) is 5.92 Å². The molecule has 0 aliphatic heterocycles. The topological polar surface area (TPSA) is 35.5 Å². The predicted octanol–water partition coefficient (Wildman–Crippen LogP) is 5.64. The number of hydrogen-bond acceptors (Lipinski definition) is 3.